The van der Waals surface area contributed by atoms with Crippen molar-refractivity contribution in [3.8, 4) is 5.75 Å². The third-order valence-electron chi connectivity index (χ3n) is 5.30. The summed E-state index contributed by atoms with van der Waals surface area (Å²) in [5.41, 5.74) is 4.23. The number of rotatable bonds is 5. The maximum Gasteiger partial charge on any atom is 0.189 e. The van der Waals surface area contributed by atoms with Crippen LogP contribution in [0.1, 0.15) is 36.0 Å². The molecule has 0 unspecified atom stereocenters. The topological polar surface area (TPSA) is 24.9 Å². The van der Waals surface area contributed by atoms with E-state index in [4.69, 9.17) is 9.47 Å². The van der Waals surface area contributed by atoms with Crippen molar-refractivity contribution in [2.24, 2.45) is 0 Å². The molecule has 4 nitrogen and oxygen atoms in total. The van der Waals surface area contributed by atoms with Gasteiger partial charge in [0.05, 0.1) is 6.61 Å². The molecule has 0 saturated carbocycles. The van der Waals surface area contributed by atoms with Gasteiger partial charge in [0.25, 0.3) is 0 Å². The number of fused-ring (bicyclic) bond motifs is 1. The number of hydrogen-bond acceptors (Lipinski definition) is 4. The SMILES string of the molecule is CN(Cc1ccc(N2CCCCC2)cc1)Cc1cc(F)cc2c1OCOC2. The Balaban J connectivity index is 1.41. The normalized spacial score (nSPS) is 16.9. The van der Waals surface area contributed by atoms with E-state index in [0.717, 1.165) is 36.5 Å². The molecule has 0 amide bonds. The Morgan fingerprint density at radius 1 is 1.04 bits per heavy atom. The van der Waals surface area contributed by atoms with Crippen molar-refractivity contribution in [2.75, 3.05) is 31.8 Å². The molecular weight excluding hydrogens is 343 g/mol. The average Bonchev–Trinajstić information content (AvgIpc) is 2.69. The van der Waals surface area contributed by atoms with Crippen LogP contribution >= 0.6 is 0 Å². The molecule has 144 valence electrons. The molecule has 0 bridgehead atoms. The van der Waals surface area contributed by atoms with Crippen LogP contribution in [0.15, 0.2) is 36.4 Å². The number of benzene rings is 2. The Morgan fingerprint density at radius 2 is 1.81 bits per heavy atom. The first-order valence-corrected chi connectivity index (χ1v) is 9.73. The first kappa shape index (κ1) is 18.3. The van der Waals surface area contributed by atoms with Crippen LogP contribution in [0.3, 0.4) is 0 Å². The van der Waals surface area contributed by atoms with E-state index in [1.807, 2.05) is 0 Å². The van der Waals surface area contributed by atoms with E-state index in [1.54, 1.807) is 6.07 Å². The quantitative estimate of drug-likeness (QED) is 0.783. The molecule has 0 atom stereocenters. The van der Waals surface area contributed by atoms with E-state index < -0.39 is 0 Å². The number of ether oxygens (including phenoxy) is 2. The predicted molar refractivity (Wildman–Crippen MR) is 104 cm³/mol. The van der Waals surface area contributed by atoms with Crippen LogP contribution in [0.4, 0.5) is 10.1 Å². The third-order valence-corrected chi connectivity index (χ3v) is 5.30. The maximum atomic E-state index is 13.9. The van der Waals surface area contributed by atoms with Crippen LogP contribution in [0.2, 0.25) is 0 Å². The fourth-order valence-electron chi connectivity index (χ4n) is 4.00. The van der Waals surface area contributed by atoms with Gasteiger partial charge in [-0.3, -0.25) is 4.90 Å². The van der Waals surface area contributed by atoms with Crippen molar-refractivity contribution in [3.05, 3.63) is 58.9 Å². The largest absolute Gasteiger partial charge is 0.467 e. The summed E-state index contributed by atoms with van der Waals surface area (Å²) < 4.78 is 24.8. The van der Waals surface area contributed by atoms with Crippen LogP contribution < -0.4 is 9.64 Å². The number of anilines is 1. The lowest BCUT2D eigenvalue weighted by Crippen LogP contribution is -2.29. The number of piperidine rings is 1. The zero-order valence-corrected chi connectivity index (χ0v) is 15.9. The van der Waals surface area contributed by atoms with Gasteiger partial charge in [0, 0.05) is 43.0 Å². The van der Waals surface area contributed by atoms with E-state index >= 15 is 0 Å². The van der Waals surface area contributed by atoms with E-state index in [-0.39, 0.29) is 12.6 Å². The molecule has 5 heteroatoms. The lowest BCUT2D eigenvalue weighted by atomic mass is 10.1. The van der Waals surface area contributed by atoms with Gasteiger partial charge in [-0.15, -0.1) is 0 Å². The van der Waals surface area contributed by atoms with Gasteiger partial charge in [0.2, 0.25) is 0 Å². The smallest absolute Gasteiger partial charge is 0.189 e. The highest BCUT2D eigenvalue weighted by Gasteiger charge is 2.18. The molecule has 0 aromatic heterocycles. The second kappa shape index (κ2) is 8.28. The summed E-state index contributed by atoms with van der Waals surface area (Å²) >= 11 is 0. The summed E-state index contributed by atoms with van der Waals surface area (Å²) in [7, 11) is 2.05. The molecule has 0 spiro atoms. The Morgan fingerprint density at radius 3 is 2.59 bits per heavy atom. The maximum absolute atomic E-state index is 13.9. The summed E-state index contributed by atoms with van der Waals surface area (Å²) in [6.07, 6.45) is 3.92. The van der Waals surface area contributed by atoms with Crippen molar-refractivity contribution in [1.82, 2.24) is 4.90 Å². The minimum absolute atomic E-state index is 0.229. The van der Waals surface area contributed by atoms with Gasteiger partial charge < -0.3 is 14.4 Å². The van der Waals surface area contributed by atoms with Crippen LogP contribution in [0, 0.1) is 5.82 Å². The first-order valence-electron chi connectivity index (χ1n) is 9.73. The molecule has 1 saturated heterocycles. The highest BCUT2D eigenvalue weighted by Crippen LogP contribution is 2.30. The summed E-state index contributed by atoms with van der Waals surface area (Å²) in [5, 5.41) is 0. The summed E-state index contributed by atoms with van der Waals surface area (Å²) in [6, 6.07) is 11.9. The van der Waals surface area contributed by atoms with E-state index in [9.17, 15) is 4.39 Å². The van der Waals surface area contributed by atoms with Gasteiger partial charge >= 0.3 is 0 Å². The molecule has 2 heterocycles. The lowest BCUT2D eigenvalue weighted by molar-refractivity contribution is -0.0176. The zero-order chi connectivity index (χ0) is 18.6. The minimum Gasteiger partial charge on any atom is -0.467 e. The Hall–Kier alpha value is -2.11. The van der Waals surface area contributed by atoms with E-state index in [1.165, 1.54) is 36.6 Å². The average molecular weight is 370 g/mol. The van der Waals surface area contributed by atoms with Gasteiger partial charge in [-0.25, -0.2) is 4.39 Å². The Labute approximate surface area is 160 Å². The van der Waals surface area contributed by atoms with Crippen molar-refractivity contribution < 1.29 is 13.9 Å². The molecule has 0 N–H and O–H groups in total. The third kappa shape index (κ3) is 4.42. The second-order valence-electron chi connectivity index (χ2n) is 7.55. The molecule has 4 rings (SSSR count). The zero-order valence-electron chi connectivity index (χ0n) is 15.9. The van der Waals surface area contributed by atoms with Crippen molar-refractivity contribution in [2.45, 2.75) is 39.0 Å². The predicted octanol–water partition coefficient (Wildman–Crippen LogP) is 4.31. The first-order chi connectivity index (χ1) is 13.2. The number of nitrogens with zero attached hydrogens (tertiary/aromatic N) is 2. The van der Waals surface area contributed by atoms with Crippen molar-refractivity contribution in [3.63, 3.8) is 0 Å². The standard InChI is InChI=1S/C22H27FN2O2/c1-24(14-18-11-20(23)12-19-15-26-16-27-22(18)19)13-17-5-7-21(8-6-17)25-9-3-2-4-10-25/h5-8,11-12H,2-4,9-10,13-16H2,1H3. The van der Waals surface area contributed by atoms with Crippen molar-refractivity contribution in [1.29, 1.82) is 0 Å². The molecule has 2 aliphatic rings. The Kier molecular flexibility index (Phi) is 5.60. The highest BCUT2D eigenvalue weighted by atomic mass is 19.1. The van der Waals surface area contributed by atoms with Gasteiger partial charge in [-0.1, -0.05) is 12.1 Å². The molecule has 0 radical (unpaired) electrons. The summed E-state index contributed by atoms with van der Waals surface area (Å²) in [5.74, 6) is 0.534. The summed E-state index contributed by atoms with van der Waals surface area (Å²) in [4.78, 5) is 4.65. The molecule has 27 heavy (non-hydrogen) atoms. The van der Waals surface area contributed by atoms with E-state index in [2.05, 4.69) is 41.1 Å². The van der Waals surface area contributed by atoms with Crippen LogP contribution in [0.25, 0.3) is 0 Å². The molecule has 0 aliphatic carbocycles. The Bertz CT molecular complexity index is 773. The number of hydrogen-bond donors (Lipinski definition) is 0. The highest BCUT2D eigenvalue weighted by molar-refractivity contribution is 5.48. The monoisotopic (exact) mass is 370 g/mol. The fourth-order valence-corrected chi connectivity index (χ4v) is 4.00. The van der Waals surface area contributed by atoms with Crippen molar-refractivity contribution >= 4 is 5.69 Å². The van der Waals surface area contributed by atoms with Gasteiger partial charge in [-0.2, -0.15) is 0 Å². The van der Waals surface area contributed by atoms with Gasteiger partial charge in [-0.05, 0) is 56.1 Å². The molecular formula is C22H27FN2O2. The van der Waals surface area contributed by atoms with Crippen LogP contribution in [-0.4, -0.2) is 31.8 Å². The molecule has 1 fully saturated rings. The van der Waals surface area contributed by atoms with Crippen LogP contribution in [-0.2, 0) is 24.4 Å². The van der Waals surface area contributed by atoms with E-state index in [0.29, 0.717) is 13.2 Å². The van der Waals surface area contributed by atoms with Gasteiger partial charge in [0.15, 0.2) is 6.79 Å². The summed E-state index contributed by atoms with van der Waals surface area (Å²) in [6.45, 7) is 4.40. The fraction of sp³-hybridized carbons (Fsp3) is 0.455. The number of halogens is 1. The molecule has 2 aromatic rings. The lowest BCUT2D eigenvalue weighted by Gasteiger charge is -2.29. The molecule has 2 aliphatic heterocycles. The minimum atomic E-state index is -0.239. The van der Waals surface area contributed by atoms with Crippen LogP contribution in [0.5, 0.6) is 5.75 Å². The van der Waals surface area contributed by atoms with Gasteiger partial charge in [0.1, 0.15) is 11.6 Å². The second-order valence-corrected chi connectivity index (χ2v) is 7.55. The molecule has 2 aromatic carbocycles.